The van der Waals surface area contributed by atoms with Crippen LogP contribution in [0.3, 0.4) is 0 Å². The van der Waals surface area contributed by atoms with E-state index in [-0.39, 0.29) is 0 Å². The molecule has 2 amide bonds. The van der Waals surface area contributed by atoms with E-state index in [1.54, 1.807) is 0 Å². The molecular formula is C28H48N2O20. The molecule has 0 aliphatic carbocycles. The summed E-state index contributed by atoms with van der Waals surface area (Å²) in [4.78, 5) is 23.6. The fourth-order valence-electron chi connectivity index (χ4n) is 6.18. The first-order chi connectivity index (χ1) is 23.5. The number of rotatable bonds is 11. The molecule has 4 aliphatic rings. The maximum atomic E-state index is 12.2. The van der Waals surface area contributed by atoms with Crippen molar-refractivity contribution < 1.29 is 98.9 Å². The van der Waals surface area contributed by atoms with E-state index in [4.69, 9.17) is 33.2 Å². The summed E-state index contributed by atoms with van der Waals surface area (Å²) in [6.07, 6.45) is -29.8. The highest BCUT2D eigenvalue weighted by Gasteiger charge is 2.54. The topological polar surface area (TPSA) is 345 Å². The molecule has 0 radical (unpaired) electrons. The number of nitrogens with one attached hydrogen (secondary N) is 2. The molecule has 0 aromatic heterocycles. The molecule has 13 N–H and O–H groups in total. The van der Waals surface area contributed by atoms with Crippen molar-refractivity contribution in [2.24, 2.45) is 0 Å². The number of aliphatic hydroxyl groups is 11. The van der Waals surface area contributed by atoms with Gasteiger partial charge in [0.25, 0.3) is 0 Å². The number of carbonyl (C=O) groups is 2. The van der Waals surface area contributed by atoms with Crippen molar-refractivity contribution in [2.75, 3.05) is 19.8 Å². The first-order valence-corrected chi connectivity index (χ1v) is 15.9. The number of ether oxygens (including phenoxy) is 7. The summed E-state index contributed by atoms with van der Waals surface area (Å²) in [6.45, 7) is 1.26. The van der Waals surface area contributed by atoms with Gasteiger partial charge in [-0.3, -0.25) is 9.59 Å². The van der Waals surface area contributed by atoms with E-state index in [0.717, 1.165) is 13.8 Å². The fraction of sp³-hybridized carbons (Fsp3) is 0.929. The molecule has 50 heavy (non-hydrogen) atoms. The van der Waals surface area contributed by atoms with Crippen molar-refractivity contribution >= 4 is 11.8 Å². The van der Waals surface area contributed by atoms with Gasteiger partial charge in [0, 0.05) is 13.8 Å². The average molecular weight is 733 g/mol. The second-order valence-electron chi connectivity index (χ2n) is 12.6. The lowest BCUT2D eigenvalue weighted by atomic mass is 9.95. The van der Waals surface area contributed by atoms with Crippen LogP contribution in [-0.4, -0.2) is 211 Å². The molecule has 4 rings (SSSR count). The molecule has 22 heteroatoms. The molecule has 4 fully saturated rings. The van der Waals surface area contributed by atoms with Crippen LogP contribution in [0.1, 0.15) is 20.8 Å². The van der Waals surface area contributed by atoms with E-state index in [0.29, 0.717) is 0 Å². The Morgan fingerprint density at radius 3 is 1.72 bits per heavy atom. The number of hydrogen-bond acceptors (Lipinski definition) is 20. The summed E-state index contributed by atoms with van der Waals surface area (Å²) in [5.74, 6) is -1.31. The Morgan fingerprint density at radius 1 is 0.560 bits per heavy atom. The normalized spacial score (nSPS) is 48.5. The van der Waals surface area contributed by atoms with Gasteiger partial charge >= 0.3 is 0 Å². The molecule has 2 unspecified atom stereocenters. The molecule has 0 bridgehead atoms. The van der Waals surface area contributed by atoms with E-state index < -0.39 is 154 Å². The van der Waals surface area contributed by atoms with Crippen LogP contribution in [-0.2, 0) is 42.7 Å². The molecule has 4 saturated heterocycles. The highest BCUT2D eigenvalue weighted by Crippen LogP contribution is 2.33. The third kappa shape index (κ3) is 8.87. The van der Waals surface area contributed by atoms with Gasteiger partial charge in [-0.05, 0) is 6.92 Å². The summed E-state index contributed by atoms with van der Waals surface area (Å²) in [5.41, 5.74) is 0. The van der Waals surface area contributed by atoms with Crippen LogP contribution in [0.15, 0.2) is 0 Å². The highest BCUT2D eigenvalue weighted by molar-refractivity contribution is 5.73. The van der Waals surface area contributed by atoms with Crippen molar-refractivity contribution in [3.05, 3.63) is 0 Å². The van der Waals surface area contributed by atoms with E-state index >= 15 is 0 Å². The minimum atomic E-state index is -1.91. The zero-order valence-corrected chi connectivity index (χ0v) is 27.3. The maximum absolute atomic E-state index is 12.2. The molecule has 4 aliphatic heterocycles. The first-order valence-electron chi connectivity index (χ1n) is 15.9. The van der Waals surface area contributed by atoms with Crippen LogP contribution in [0.2, 0.25) is 0 Å². The van der Waals surface area contributed by atoms with Crippen LogP contribution < -0.4 is 10.6 Å². The van der Waals surface area contributed by atoms with Crippen LogP contribution >= 0.6 is 0 Å². The molecular weight excluding hydrogens is 684 g/mol. The van der Waals surface area contributed by atoms with Crippen molar-refractivity contribution in [3.63, 3.8) is 0 Å². The second kappa shape index (κ2) is 17.4. The Morgan fingerprint density at radius 2 is 1.12 bits per heavy atom. The first kappa shape index (κ1) is 41.0. The predicted octanol–water partition coefficient (Wildman–Crippen LogP) is -8.43. The van der Waals surface area contributed by atoms with Gasteiger partial charge < -0.3 is 100.0 Å². The lowest BCUT2D eigenvalue weighted by Gasteiger charge is -2.49. The monoisotopic (exact) mass is 732 g/mol. The Kier molecular flexibility index (Phi) is 14.2. The van der Waals surface area contributed by atoms with Crippen molar-refractivity contribution in [1.82, 2.24) is 10.6 Å². The summed E-state index contributed by atoms with van der Waals surface area (Å²) < 4.78 is 39.4. The largest absolute Gasteiger partial charge is 0.394 e. The standard InChI is InChI=1S/C28H48N2O20/c1-7-15(35)20(40)22(42)27(45-7)50-24-21(41)16(36)10(4-31)47-28(24)49-23-11(5-32)48-26(14(19(23)39)30-9(3)34)44-6-12-17(37)18(38)13(25(43)46-12)29-8(2)33/h7,10-28,31-32,35-43H,4-6H2,1-3H3,(H,29,33)(H,30,34)/t7-,10+,11+,12+,13+,14+,15+,16-,17-,18+,19+,20+,21-,22-,23+,24+,25?,26?,27-,28-/m0/s1. The zero-order chi connectivity index (χ0) is 37.2. The van der Waals surface area contributed by atoms with Crippen molar-refractivity contribution in [1.29, 1.82) is 0 Å². The third-order valence-corrected chi connectivity index (χ3v) is 8.95. The highest BCUT2D eigenvalue weighted by atomic mass is 16.8. The molecule has 22 nitrogen and oxygen atoms in total. The minimum Gasteiger partial charge on any atom is -0.394 e. The maximum Gasteiger partial charge on any atom is 0.217 e. The molecule has 20 atom stereocenters. The SMILES string of the molecule is CC(=O)N[C@H]1C(O)O[C@H](COC2O[C@H](CO)[C@@H](O[C@@H]3O[C@H](CO)[C@H](O)[C@H](O)[C@H]3O[C@@H]3O[C@@H](C)[C@@H](O)[C@@H](O)[C@@H]3O)[C@H](O)[C@H]2NC(C)=O)[C@H](O)[C@@H]1O. The Balaban J connectivity index is 1.52. The second-order valence-corrected chi connectivity index (χ2v) is 12.6. The quantitative estimate of drug-likeness (QED) is 0.0938. The zero-order valence-electron chi connectivity index (χ0n) is 27.3. The van der Waals surface area contributed by atoms with Gasteiger partial charge in [-0.2, -0.15) is 0 Å². The van der Waals surface area contributed by atoms with Gasteiger partial charge in [-0.15, -0.1) is 0 Å². The van der Waals surface area contributed by atoms with Gasteiger partial charge in [0.15, 0.2) is 25.2 Å². The van der Waals surface area contributed by atoms with Crippen LogP contribution in [0, 0.1) is 0 Å². The molecule has 0 spiro atoms. The third-order valence-electron chi connectivity index (χ3n) is 8.95. The molecule has 0 aromatic rings. The Hall–Kier alpha value is -1.78. The van der Waals surface area contributed by atoms with E-state index in [9.17, 15) is 65.8 Å². The number of hydrogen-bond donors (Lipinski definition) is 13. The lowest BCUT2D eigenvalue weighted by Crippen LogP contribution is -2.69. The van der Waals surface area contributed by atoms with Gasteiger partial charge in [-0.1, -0.05) is 0 Å². The van der Waals surface area contributed by atoms with Crippen molar-refractivity contribution in [2.45, 2.75) is 143 Å². The van der Waals surface area contributed by atoms with E-state index in [1.165, 1.54) is 6.92 Å². The summed E-state index contributed by atoms with van der Waals surface area (Å²) in [6, 6.07) is -2.86. The van der Waals surface area contributed by atoms with Crippen LogP contribution in [0.4, 0.5) is 0 Å². The van der Waals surface area contributed by atoms with E-state index in [1.807, 2.05) is 0 Å². The van der Waals surface area contributed by atoms with Crippen LogP contribution in [0.25, 0.3) is 0 Å². The van der Waals surface area contributed by atoms with Crippen LogP contribution in [0.5, 0.6) is 0 Å². The van der Waals surface area contributed by atoms with Gasteiger partial charge in [0.1, 0.15) is 91.4 Å². The molecule has 4 heterocycles. The summed E-state index contributed by atoms with van der Waals surface area (Å²) in [5, 5.41) is 120. The fourth-order valence-corrected chi connectivity index (χ4v) is 6.18. The summed E-state index contributed by atoms with van der Waals surface area (Å²) >= 11 is 0. The Bertz CT molecular complexity index is 1130. The van der Waals surface area contributed by atoms with Crippen molar-refractivity contribution in [3.8, 4) is 0 Å². The lowest BCUT2D eigenvalue weighted by molar-refractivity contribution is -0.383. The Labute approximate surface area is 285 Å². The molecule has 0 saturated carbocycles. The predicted molar refractivity (Wildman–Crippen MR) is 156 cm³/mol. The minimum absolute atomic E-state index is 0.615. The number of amides is 2. The number of carbonyl (C=O) groups excluding carboxylic acids is 2. The number of aliphatic hydroxyl groups excluding tert-OH is 11. The average Bonchev–Trinajstić information content (AvgIpc) is 3.06. The smallest absolute Gasteiger partial charge is 0.217 e. The summed E-state index contributed by atoms with van der Waals surface area (Å²) in [7, 11) is 0. The van der Waals surface area contributed by atoms with Gasteiger partial charge in [0.05, 0.1) is 25.9 Å². The molecule has 290 valence electrons. The van der Waals surface area contributed by atoms with E-state index in [2.05, 4.69) is 10.6 Å². The van der Waals surface area contributed by atoms with Gasteiger partial charge in [-0.25, -0.2) is 0 Å². The molecule has 0 aromatic carbocycles. The van der Waals surface area contributed by atoms with Gasteiger partial charge in [0.2, 0.25) is 11.8 Å².